The van der Waals surface area contributed by atoms with Crippen molar-refractivity contribution >= 4 is 33.6 Å². The van der Waals surface area contributed by atoms with E-state index in [9.17, 15) is 0 Å². The number of hydrogen-bond donors (Lipinski definition) is 1. The number of halogens is 2. The first kappa shape index (κ1) is 11.2. The van der Waals surface area contributed by atoms with Gasteiger partial charge in [0.25, 0.3) is 0 Å². The molecule has 0 spiro atoms. The fraction of sp³-hybridized carbons (Fsp3) is 0.333. The molecule has 0 heterocycles. The molecule has 0 bridgehead atoms. The molecule has 3 heteroatoms. The van der Waals surface area contributed by atoms with Gasteiger partial charge in [0.1, 0.15) is 0 Å². The molecule has 0 unspecified atom stereocenters. The Bertz CT molecular complexity index is 372. The van der Waals surface area contributed by atoms with Crippen LogP contribution in [-0.4, -0.2) is 12.6 Å². The SMILES string of the molecule is Clc1ccc(Br)cc1/C=C/CNC1CC1. The van der Waals surface area contributed by atoms with Crippen LogP contribution in [0.1, 0.15) is 18.4 Å². The normalized spacial score (nSPS) is 16.1. The molecule has 1 nitrogen and oxygen atoms in total. The Morgan fingerprint density at radius 3 is 3.00 bits per heavy atom. The zero-order valence-electron chi connectivity index (χ0n) is 8.34. The average Bonchev–Trinajstić information content (AvgIpc) is 3.01. The molecule has 1 aliphatic carbocycles. The van der Waals surface area contributed by atoms with E-state index in [0.717, 1.165) is 27.6 Å². The summed E-state index contributed by atoms with van der Waals surface area (Å²) < 4.78 is 1.06. The first-order valence-electron chi connectivity index (χ1n) is 5.10. The lowest BCUT2D eigenvalue weighted by atomic mass is 10.2. The average molecular weight is 287 g/mol. The minimum atomic E-state index is 0.757. The van der Waals surface area contributed by atoms with Crippen LogP contribution in [0.25, 0.3) is 6.08 Å². The van der Waals surface area contributed by atoms with Gasteiger partial charge in [0.2, 0.25) is 0 Å². The van der Waals surface area contributed by atoms with E-state index in [1.165, 1.54) is 12.8 Å². The van der Waals surface area contributed by atoms with Crippen LogP contribution in [0, 0.1) is 0 Å². The molecule has 1 fully saturated rings. The summed E-state index contributed by atoms with van der Waals surface area (Å²) in [7, 11) is 0. The van der Waals surface area contributed by atoms with Crippen LogP contribution < -0.4 is 5.32 Å². The zero-order chi connectivity index (χ0) is 10.7. The van der Waals surface area contributed by atoms with Gasteiger partial charge in [0, 0.05) is 22.1 Å². The minimum Gasteiger partial charge on any atom is -0.311 e. The monoisotopic (exact) mass is 285 g/mol. The molecule has 1 aromatic rings. The van der Waals surface area contributed by atoms with E-state index in [2.05, 4.69) is 33.4 Å². The van der Waals surface area contributed by atoms with E-state index in [1.807, 2.05) is 18.2 Å². The molecular formula is C12H13BrClN. The van der Waals surface area contributed by atoms with E-state index in [1.54, 1.807) is 0 Å². The van der Waals surface area contributed by atoms with Crippen molar-refractivity contribution in [2.75, 3.05) is 6.54 Å². The van der Waals surface area contributed by atoms with Crippen LogP contribution in [0.15, 0.2) is 28.7 Å². The maximum atomic E-state index is 6.06. The maximum absolute atomic E-state index is 6.06. The van der Waals surface area contributed by atoms with Gasteiger partial charge in [-0.05, 0) is 36.6 Å². The summed E-state index contributed by atoms with van der Waals surface area (Å²) in [6.07, 6.45) is 6.82. The van der Waals surface area contributed by atoms with Gasteiger partial charge >= 0.3 is 0 Å². The highest BCUT2D eigenvalue weighted by Gasteiger charge is 2.18. The second-order valence-electron chi connectivity index (χ2n) is 3.75. The Morgan fingerprint density at radius 2 is 2.27 bits per heavy atom. The van der Waals surface area contributed by atoms with Crippen molar-refractivity contribution in [1.29, 1.82) is 0 Å². The Kier molecular flexibility index (Phi) is 3.84. The molecule has 1 N–H and O–H groups in total. The van der Waals surface area contributed by atoms with Gasteiger partial charge < -0.3 is 5.32 Å². The van der Waals surface area contributed by atoms with Crippen molar-refractivity contribution < 1.29 is 0 Å². The third-order valence-electron chi connectivity index (χ3n) is 2.36. The third-order valence-corrected chi connectivity index (χ3v) is 3.19. The quantitative estimate of drug-likeness (QED) is 0.886. The molecule has 0 radical (unpaired) electrons. The molecule has 1 aromatic carbocycles. The van der Waals surface area contributed by atoms with E-state index < -0.39 is 0 Å². The highest BCUT2D eigenvalue weighted by Crippen LogP contribution is 2.22. The van der Waals surface area contributed by atoms with Gasteiger partial charge in [-0.1, -0.05) is 39.7 Å². The van der Waals surface area contributed by atoms with Crippen LogP contribution >= 0.6 is 27.5 Å². The Hall–Kier alpha value is -0.310. The summed E-state index contributed by atoms with van der Waals surface area (Å²) in [5.41, 5.74) is 1.06. The van der Waals surface area contributed by atoms with Gasteiger partial charge in [-0.3, -0.25) is 0 Å². The first-order chi connectivity index (χ1) is 7.25. The largest absolute Gasteiger partial charge is 0.311 e. The van der Waals surface area contributed by atoms with Crippen LogP contribution in [0.2, 0.25) is 5.02 Å². The Balaban J connectivity index is 1.92. The summed E-state index contributed by atoms with van der Waals surface area (Å²) >= 11 is 9.49. The maximum Gasteiger partial charge on any atom is 0.0479 e. The molecule has 15 heavy (non-hydrogen) atoms. The van der Waals surface area contributed by atoms with Crippen molar-refractivity contribution in [2.45, 2.75) is 18.9 Å². The second-order valence-corrected chi connectivity index (χ2v) is 5.07. The number of hydrogen-bond acceptors (Lipinski definition) is 1. The molecule has 0 amide bonds. The number of benzene rings is 1. The van der Waals surface area contributed by atoms with E-state index >= 15 is 0 Å². The minimum absolute atomic E-state index is 0.757. The van der Waals surface area contributed by atoms with Crippen molar-refractivity contribution in [3.05, 3.63) is 39.3 Å². The third kappa shape index (κ3) is 3.63. The van der Waals surface area contributed by atoms with Crippen molar-refractivity contribution in [2.24, 2.45) is 0 Å². The predicted molar refractivity (Wildman–Crippen MR) is 69.2 cm³/mol. The summed E-state index contributed by atoms with van der Waals surface area (Å²) in [6, 6.07) is 6.63. The van der Waals surface area contributed by atoms with Gasteiger partial charge in [0.15, 0.2) is 0 Å². The highest BCUT2D eigenvalue weighted by atomic mass is 79.9. The smallest absolute Gasteiger partial charge is 0.0479 e. The van der Waals surface area contributed by atoms with Crippen LogP contribution in [0.5, 0.6) is 0 Å². The van der Waals surface area contributed by atoms with Gasteiger partial charge in [-0.15, -0.1) is 0 Å². The van der Waals surface area contributed by atoms with Crippen molar-refractivity contribution in [1.82, 2.24) is 5.32 Å². The Labute approximate surface area is 104 Å². The lowest BCUT2D eigenvalue weighted by Crippen LogP contribution is -2.15. The number of nitrogens with one attached hydrogen (secondary N) is 1. The van der Waals surface area contributed by atoms with Gasteiger partial charge in [-0.2, -0.15) is 0 Å². The summed E-state index contributed by atoms with van der Waals surface area (Å²) in [6.45, 7) is 0.924. The van der Waals surface area contributed by atoms with Crippen LogP contribution in [0.4, 0.5) is 0 Å². The molecule has 80 valence electrons. The molecule has 0 saturated heterocycles. The topological polar surface area (TPSA) is 12.0 Å². The zero-order valence-corrected chi connectivity index (χ0v) is 10.7. The van der Waals surface area contributed by atoms with E-state index in [4.69, 9.17) is 11.6 Å². The molecule has 2 rings (SSSR count). The van der Waals surface area contributed by atoms with Crippen LogP contribution in [-0.2, 0) is 0 Å². The molecule has 0 aliphatic heterocycles. The lowest BCUT2D eigenvalue weighted by Gasteiger charge is -1.99. The second kappa shape index (κ2) is 5.15. The molecule has 1 aliphatic rings. The van der Waals surface area contributed by atoms with E-state index in [-0.39, 0.29) is 0 Å². The summed E-state index contributed by atoms with van der Waals surface area (Å²) in [4.78, 5) is 0. The van der Waals surface area contributed by atoms with Crippen molar-refractivity contribution in [3.63, 3.8) is 0 Å². The fourth-order valence-corrected chi connectivity index (χ4v) is 1.91. The van der Waals surface area contributed by atoms with Gasteiger partial charge in [0.05, 0.1) is 0 Å². The molecular weight excluding hydrogens is 273 g/mol. The molecule has 1 saturated carbocycles. The van der Waals surface area contributed by atoms with Crippen molar-refractivity contribution in [3.8, 4) is 0 Å². The molecule has 0 aromatic heterocycles. The van der Waals surface area contributed by atoms with Gasteiger partial charge in [-0.25, -0.2) is 0 Å². The van der Waals surface area contributed by atoms with E-state index in [0.29, 0.717) is 0 Å². The Morgan fingerprint density at radius 1 is 1.47 bits per heavy atom. The standard InChI is InChI=1S/C12H13BrClN/c13-10-3-6-12(14)9(8-10)2-1-7-15-11-4-5-11/h1-3,6,8,11,15H,4-5,7H2/b2-1+. The first-order valence-corrected chi connectivity index (χ1v) is 6.28. The number of rotatable bonds is 4. The predicted octanol–water partition coefficient (Wildman–Crippen LogP) is 3.87. The lowest BCUT2D eigenvalue weighted by molar-refractivity contribution is 0.754. The molecule has 0 atom stereocenters. The summed E-state index contributed by atoms with van der Waals surface area (Å²) in [5, 5.41) is 4.21. The fourth-order valence-electron chi connectivity index (χ4n) is 1.35. The summed E-state index contributed by atoms with van der Waals surface area (Å²) in [5.74, 6) is 0. The van der Waals surface area contributed by atoms with Crippen LogP contribution in [0.3, 0.4) is 0 Å². The highest BCUT2D eigenvalue weighted by molar-refractivity contribution is 9.10.